The highest BCUT2D eigenvalue weighted by atomic mass is 14.3. The van der Waals surface area contributed by atoms with Gasteiger partial charge < -0.3 is 0 Å². The van der Waals surface area contributed by atoms with Crippen molar-refractivity contribution in [2.75, 3.05) is 0 Å². The molecule has 0 heterocycles. The molecule has 1 aromatic rings. The maximum absolute atomic E-state index is 9.07. The van der Waals surface area contributed by atoms with Crippen molar-refractivity contribution < 1.29 is 0 Å². The van der Waals surface area contributed by atoms with E-state index in [4.69, 9.17) is 5.26 Å². The van der Waals surface area contributed by atoms with Gasteiger partial charge in [-0.3, -0.25) is 0 Å². The van der Waals surface area contributed by atoms with Crippen molar-refractivity contribution in [3.63, 3.8) is 0 Å². The van der Waals surface area contributed by atoms with Gasteiger partial charge in [-0.25, -0.2) is 0 Å². The van der Waals surface area contributed by atoms with Gasteiger partial charge in [0, 0.05) is 0 Å². The second-order valence-electron chi connectivity index (χ2n) is 3.30. The van der Waals surface area contributed by atoms with Crippen molar-refractivity contribution >= 4 is 0 Å². The minimum absolute atomic E-state index is 0.428. The molecule has 0 aromatic heterocycles. The number of nitriles is 1. The van der Waals surface area contributed by atoms with E-state index in [0.29, 0.717) is 6.42 Å². The number of hydrogen-bond donors (Lipinski definition) is 0. The molecule has 1 aromatic carbocycles. The Labute approximate surface area is 79.3 Å². The first-order chi connectivity index (χ1) is 6.23. The molecular weight excluding hydrogens is 158 g/mol. The molecule has 66 valence electrons. The van der Waals surface area contributed by atoms with Crippen LogP contribution in [-0.4, -0.2) is 0 Å². The third-order valence-corrected chi connectivity index (χ3v) is 2.21. The van der Waals surface area contributed by atoms with Crippen molar-refractivity contribution in [2.45, 2.75) is 18.8 Å². The molecule has 0 saturated carbocycles. The minimum Gasteiger partial charge on any atom is -0.197 e. The molecule has 0 aliphatic rings. The van der Waals surface area contributed by atoms with Crippen LogP contribution in [0, 0.1) is 11.3 Å². The molecule has 0 spiro atoms. The van der Waals surface area contributed by atoms with Crippen LogP contribution in [0.25, 0.3) is 0 Å². The van der Waals surface area contributed by atoms with Crippen molar-refractivity contribution in [2.24, 2.45) is 0 Å². The average Bonchev–Trinajstić information content (AvgIpc) is 2.19. The predicted octanol–water partition coefficient (Wildman–Crippen LogP) is 3.04. The highest BCUT2D eigenvalue weighted by Gasteiger charge is 2.23. The predicted molar refractivity (Wildman–Crippen MR) is 54.2 cm³/mol. The monoisotopic (exact) mass is 171 g/mol. The summed E-state index contributed by atoms with van der Waals surface area (Å²) in [6, 6.07) is 12.1. The van der Waals surface area contributed by atoms with Crippen LogP contribution in [0.5, 0.6) is 0 Å². The number of rotatable bonds is 3. The fourth-order valence-electron chi connectivity index (χ4n) is 1.32. The van der Waals surface area contributed by atoms with Gasteiger partial charge in [-0.1, -0.05) is 36.4 Å². The smallest absolute Gasteiger partial charge is 0.0828 e. The van der Waals surface area contributed by atoms with Crippen LogP contribution in [0.4, 0.5) is 0 Å². The third-order valence-electron chi connectivity index (χ3n) is 2.21. The number of allylic oxidation sites excluding steroid dienone is 1. The van der Waals surface area contributed by atoms with Gasteiger partial charge in [-0.2, -0.15) is 5.26 Å². The first kappa shape index (κ1) is 9.54. The quantitative estimate of drug-likeness (QED) is 0.641. The first-order valence-corrected chi connectivity index (χ1v) is 4.30. The van der Waals surface area contributed by atoms with E-state index in [0.717, 1.165) is 5.56 Å². The van der Waals surface area contributed by atoms with E-state index in [1.807, 2.05) is 37.3 Å². The molecule has 1 unspecified atom stereocenters. The molecule has 0 aliphatic heterocycles. The third kappa shape index (κ3) is 1.97. The summed E-state index contributed by atoms with van der Waals surface area (Å²) >= 11 is 0. The summed E-state index contributed by atoms with van der Waals surface area (Å²) in [5, 5.41) is 9.07. The van der Waals surface area contributed by atoms with Gasteiger partial charge in [-0.05, 0) is 18.9 Å². The van der Waals surface area contributed by atoms with E-state index in [1.165, 1.54) is 0 Å². The van der Waals surface area contributed by atoms with Gasteiger partial charge in [0.1, 0.15) is 0 Å². The van der Waals surface area contributed by atoms with Gasteiger partial charge in [0.25, 0.3) is 0 Å². The molecular formula is C12H13N. The van der Waals surface area contributed by atoms with E-state index in [9.17, 15) is 0 Å². The van der Waals surface area contributed by atoms with E-state index >= 15 is 0 Å². The molecule has 0 aliphatic carbocycles. The molecule has 0 saturated heterocycles. The Bertz CT molecular complexity index is 321. The molecule has 13 heavy (non-hydrogen) atoms. The van der Waals surface area contributed by atoms with Gasteiger partial charge >= 0.3 is 0 Å². The summed E-state index contributed by atoms with van der Waals surface area (Å²) < 4.78 is 0. The summed E-state index contributed by atoms with van der Waals surface area (Å²) in [6.45, 7) is 5.60. The van der Waals surface area contributed by atoms with Crippen LogP contribution in [0.2, 0.25) is 0 Å². The lowest BCUT2D eigenvalue weighted by Crippen LogP contribution is -2.17. The lowest BCUT2D eigenvalue weighted by atomic mass is 9.81. The summed E-state index contributed by atoms with van der Waals surface area (Å²) in [6.07, 6.45) is 2.48. The maximum atomic E-state index is 9.07. The SMILES string of the molecule is C=CCC(C)(C#N)c1ccccc1. The van der Waals surface area contributed by atoms with E-state index < -0.39 is 5.41 Å². The molecule has 0 amide bonds. The zero-order valence-electron chi connectivity index (χ0n) is 7.83. The zero-order valence-corrected chi connectivity index (χ0v) is 7.83. The van der Waals surface area contributed by atoms with Gasteiger partial charge in [0.15, 0.2) is 0 Å². The normalized spacial score (nSPS) is 14.2. The molecule has 1 atom stereocenters. The molecule has 0 radical (unpaired) electrons. The lowest BCUT2D eigenvalue weighted by molar-refractivity contribution is 0.622. The van der Waals surface area contributed by atoms with E-state index in [-0.39, 0.29) is 0 Å². The Kier molecular flexibility index (Phi) is 2.87. The molecule has 1 nitrogen and oxygen atoms in total. The molecule has 1 heteroatoms. The number of hydrogen-bond acceptors (Lipinski definition) is 1. The van der Waals surface area contributed by atoms with E-state index in [1.54, 1.807) is 6.08 Å². The van der Waals surface area contributed by atoms with Gasteiger partial charge in [0.05, 0.1) is 11.5 Å². The Morgan fingerprint density at radius 1 is 1.46 bits per heavy atom. The topological polar surface area (TPSA) is 23.8 Å². The van der Waals surface area contributed by atoms with E-state index in [2.05, 4.69) is 12.6 Å². The van der Waals surface area contributed by atoms with Crippen molar-refractivity contribution in [3.05, 3.63) is 48.6 Å². The Morgan fingerprint density at radius 3 is 2.54 bits per heavy atom. The zero-order chi connectivity index (χ0) is 9.73. The number of nitrogens with zero attached hydrogens (tertiary/aromatic N) is 1. The van der Waals surface area contributed by atoms with Crippen LogP contribution in [-0.2, 0) is 5.41 Å². The van der Waals surface area contributed by atoms with Crippen LogP contribution >= 0.6 is 0 Å². The summed E-state index contributed by atoms with van der Waals surface area (Å²) in [7, 11) is 0. The Hall–Kier alpha value is -1.55. The second kappa shape index (κ2) is 3.91. The molecule has 0 N–H and O–H groups in total. The van der Waals surface area contributed by atoms with Crippen LogP contribution < -0.4 is 0 Å². The molecule has 0 bridgehead atoms. The standard InChI is InChI=1S/C12H13N/c1-3-9-12(2,10-13)11-7-5-4-6-8-11/h3-8H,1,9H2,2H3. The second-order valence-corrected chi connectivity index (χ2v) is 3.30. The fourth-order valence-corrected chi connectivity index (χ4v) is 1.32. The lowest BCUT2D eigenvalue weighted by Gasteiger charge is -2.19. The van der Waals surface area contributed by atoms with Crippen molar-refractivity contribution in [1.82, 2.24) is 0 Å². The van der Waals surface area contributed by atoms with Gasteiger partial charge in [-0.15, -0.1) is 6.58 Å². The first-order valence-electron chi connectivity index (χ1n) is 4.30. The van der Waals surface area contributed by atoms with Crippen LogP contribution in [0.3, 0.4) is 0 Å². The minimum atomic E-state index is -0.428. The highest BCUT2D eigenvalue weighted by Crippen LogP contribution is 2.26. The summed E-state index contributed by atoms with van der Waals surface area (Å²) in [5.41, 5.74) is 0.626. The average molecular weight is 171 g/mol. The Morgan fingerprint density at radius 2 is 2.08 bits per heavy atom. The molecule has 1 rings (SSSR count). The van der Waals surface area contributed by atoms with Crippen LogP contribution in [0.1, 0.15) is 18.9 Å². The van der Waals surface area contributed by atoms with Crippen molar-refractivity contribution in [3.8, 4) is 6.07 Å². The van der Waals surface area contributed by atoms with Gasteiger partial charge in [0.2, 0.25) is 0 Å². The maximum Gasteiger partial charge on any atom is 0.0828 e. The van der Waals surface area contributed by atoms with Crippen LogP contribution in [0.15, 0.2) is 43.0 Å². The Balaban J connectivity index is 3.04. The molecule has 0 fully saturated rings. The summed E-state index contributed by atoms with van der Waals surface area (Å²) in [4.78, 5) is 0. The largest absolute Gasteiger partial charge is 0.197 e. The summed E-state index contributed by atoms with van der Waals surface area (Å²) in [5.74, 6) is 0. The highest BCUT2D eigenvalue weighted by molar-refractivity contribution is 5.31. The number of benzene rings is 1. The van der Waals surface area contributed by atoms with Crippen molar-refractivity contribution in [1.29, 1.82) is 5.26 Å². The fraction of sp³-hybridized carbons (Fsp3) is 0.250.